The first-order chi connectivity index (χ1) is 9.41. The van der Waals surface area contributed by atoms with Crippen LogP contribution in [0.5, 0.6) is 0 Å². The Balaban J connectivity index is 2.40. The Kier molecular flexibility index (Phi) is 4.50. The van der Waals surface area contributed by atoms with Gasteiger partial charge in [-0.15, -0.1) is 11.3 Å². The molecule has 0 aliphatic heterocycles. The molecule has 0 aromatic carbocycles. The van der Waals surface area contributed by atoms with Crippen LogP contribution in [0.15, 0.2) is 18.3 Å². The molecule has 3 nitrogen and oxygen atoms in total. The monoisotopic (exact) mass is 293 g/mol. The molecule has 2 heterocycles. The van der Waals surface area contributed by atoms with E-state index in [0.717, 1.165) is 29.5 Å². The van der Waals surface area contributed by atoms with E-state index < -0.39 is 0 Å². The van der Waals surface area contributed by atoms with E-state index in [1.54, 1.807) is 17.4 Å². The summed E-state index contributed by atoms with van der Waals surface area (Å²) in [5, 5.41) is 4.19. The Bertz CT molecular complexity index is 570. The Morgan fingerprint density at radius 3 is 2.60 bits per heavy atom. The minimum Gasteiger partial charge on any atom is -0.312 e. The Hall–Kier alpha value is -1.33. The molecule has 0 radical (unpaired) electrons. The minimum atomic E-state index is -0.325. The van der Waals surface area contributed by atoms with Gasteiger partial charge in [0.05, 0.1) is 17.6 Å². The zero-order chi connectivity index (χ0) is 14.8. The highest BCUT2D eigenvalue weighted by atomic mass is 32.1. The van der Waals surface area contributed by atoms with E-state index >= 15 is 0 Å². The van der Waals surface area contributed by atoms with Gasteiger partial charge in [0, 0.05) is 16.8 Å². The van der Waals surface area contributed by atoms with Gasteiger partial charge in [-0.2, -0.15) is 0 Å². The number of aromatic nitrogens is 2. The third-order valence-electron chi connectivity index (χ3n) is 2.89. The second-order valence-corrected chi connectivity index (χ2v) is 6.77. The van der Waals surface area contributed by atoms with Crippen molar-refractivity contribution in [2.24, 2.45) is 0 Å². The van der Waals surface area contributed by atoms with E-state index in [1.807, 2.05) is 0 Å². The van der Waals surface area contributed by atoms with Crippen molar-refractivity contribution in [1.82, 2.24) is 15.3 Å². The minimum absolute atomic E-state index is 0.0144. The summed E-state index contributed by atoms with van der Waals surface area (Å²) in [6, 6.07) is 3.10. The molecule has 2 rings (SSSR count). The summed E-state index contributed by atoms with van der Waals surface area (Å²) in [5.41, 5.74) is 1.80. The summed E-state index contributed by atoms with van der Waals surface area (Å²) in [7, 11) is 0. The fourth-order valence-electron chi connectivity index (χ4n) is 1.91. The van der Waals surface area contributed by atoms with E-state index in [2.05, 4.69) is 38.0 Å². The molecule has 0 spiro atoms. The van der Waals surface area contributed by atoms with Gasteiger partial charge in [-0.1, -0.05) is 27.7 Å². The zero-order valence-corrected chi connectivity index (χ0v) is 13.1. The Morgan fingerprint density at radius 2 is 2.05 bits per heavy atom. The third kappa shape index (κ3) is 3.41. The van der Waals surface area contributed by atoms with Crippen molar-refractivity contribution < 1.29 is 4.39 Å². The highest BCUT2D eigenvalue weighted by molar-refractivity contribution is 7.15. The first-order valence-corrected chi connectivity index (χ1v) is 7.56. The lowest BCUT2D eigenvalue weighted by atomic mass is 9.91. The first-order valence-electron chi connectivity index (χ1n) is 6.74. The number of rotatable bonds is 4. The standard InChI is InChI=1S/C15H20FN3S/c1-5-17-9-12-13(15(2,3)4)19-14(20-12)11-7-6-10(16)8-18-11/h6-8,17H,5,9H2,1-4H3. The van der Waals surface area contributed by atoms with E-state index in [9.17, 15) is 4.39 Å². The van der Waals surface area contributed by atoms with Gasteiger partial charge in [0.1, 0.15) is 10.8 Å². The highest BCUT2D eigenvalue weighted by Crippen LogP contribution is 2.33. The molecule has 0 saturated heterocycles. The number of pyridine rings is 1. The molecule has 0 aliphatic carbocycles. The molecule has 108 valence electrons. The summed E-state index contributed by atoms with van der Waals surface area (Å²) in [4.78, 5) is 10.1. The molecule has 1 N–H and O–H groups in total. The van der Waals surface area contributed by atoms with Crippen LogP contribution in [0.4, 0.5) is 4.39 Å². The highest BCUT2D eigenvalue weighted by Gasteiger charge is 2.23. The summed E-state index contributed by atoms with van der Waals surface area (Å²) in [6.07, 6.45) is 1.23. The van der Waals surface area contributed by atoms with E-state index in [0.29, 0.717) is 0 Å². The van der Waals surface area contributed by atoms with Crippen LogP contribution in [0.3, 0.4) is 0 Å². The molecule has 0 amide bonds. The zero-order valence-electron chi connectivity index (χ0n) is 12.3. The predicted molar refractivity (Wildman–Crippen MR) is 81.4 cm³/mol. The van der Waals surface area contributed by atoms with Crippen molar-refractivity contribution >= 4 is 11.3 Å². The molecule has 2 aromatic heterocycles. The Morgan fingerprint density at radius 1 is 1.30 bits per heavy atom. The van der Waals surface area contributed by atoms with Gasteiger partial charge in [-0.3, -0.25) is 4.98 Å². The number of hydrogen-bond acceptors (Lipinski definition) is 4. The van der Waals surface area contributed by atoms with Gasteiger partial charge < -0.3 is 5.32 Å². The van der Waals surface area contributed by atoms with Crippen molar-refractivity contribution in [3.63, 3.8) is 0 Å². The lowest BCUT2D eigenvalue weighted by molar-refractivity contribution is 0.561. The van der Waals surface area contributed by atoms with Crippen molar-refractivity contribution in [1.29, 1.82) is 0 Å². The lowest BCUT2D eigenvalue weighted by Gasteiger charge is -2.17. The maximum atomic E-state index is 13.0. The number of hydrogen-bond donors (Lipinski definition) is 1. The normalized spacial score (nSPS) is 11.8. The number of nitrogens with one attached hydrogen (secondary N) is 1. The van der Waals surface area contributed by atoms with Gasteiger partial charge in [0.2, 0.25) is 0 Å². The average Bonchev–Trinajstić information content (AvgIpc) is 2.81. The van der Waals surface area contributed by atoms with Gasteiger partial charge in [-0.05, 0) is 18.7 Å². The number of nitrogens with zero attached hydrogens (tertiary/aromatic N) is 2. The van der Waals surface area contributed by atoms with Crippen LogP contribution < -0.4 is 5.32 Å². The largest absolute Gasteiger partial charge is 0.312 e. The topological polar surface area (TPSA) is 37.8 Å². The smallest absolute Gasteiger partial charge is 0.142 e. The third-order valence-corrected chi connectivity index (χ3v) is 3.97. The molecule has 5 heteroatoms. The second kappa shape index (κ2) is 5.97. The van der Waals surface area contributed by atoms with Crippen molar-refractivity contribution in [2.45, 2.75) is 39.7 Å². The van der Waals surface area contributed by atoms with Gasteiger partial charge in [0.15, 0.2) is 0 Å². The van der Waals surface area contributed by atoms with Crippen LogP contribution in [0.25, 0.3) is 10.7 Å². The van der Waals surface area contributed by atoms with Crippen molar-refractivity contribution in [2.75, 3.05) is 6.54 Å². The SMILES string of the molecule is CCNCc1sc(-c2ccc(F)cn2)nc1C(C)(C)C. The van der Waals surface area contributed by atoms with Crippen LogP contribution in [0.1, 0.15) is 38.3 Å². The van der Waals surface area contributed by atoms with Gasteiger partial charge >= 0.3 is 0 Å². The molecule has 20 heavy (non-hydrogen) atoms. The molecular formula is C15H20FN3S. The van der Waals surface area contributed by atoms with Crippen LogP contribution in [0.2, 0.25) is 0 Å². The van der Waals surface area contributed by atoms with Gasteiger partial charge in [0.25, 0.3) is 0 Å². The summed E-state index contributed by atoms with van der Waals surface area (Å²) >= 11 is 1.63. The maximum absolute atomic E-state index is 13.0. The number of thiazole rings is 1. The molecular weight excluding hydrogens is 273 g/mol. The van der Waals surface area contributed by atoms with Crippen molar-refractivity contribution in [3.05, 3.63) is 34.7 Å². The van der Waals surface area contributed by atoms with Crippen LogP contribution in [0, 0.1) is 5.82 Å². The lowest BCUT2D eigenvalue weighted by Crippen LogP contribution is -2.18. The molecule has 0 saturated carbocycles. The summed E-state index contributed by atoms with van der Waals surface area (Å²) in [6.45, 7) is 10.3. The fourth-order valence-corrected chi connectivity index (χ4v) is 3.13. The van der Waals surface area contributed by atoms with Crippen molar-refractivity contribution in [3.8, 4) is 10.7 Å². The molecule has 0 aliphatic rings. The van der Waals surface area contributed by atoms with Gasteiger partial charge in [-0.25, -0.2) is 9.37 Å². The fraction of sp³-hybridized carbons (Fsp3) is 0.467. The average molecular weight is 293 g/mol. The summed E-state index contributed by atoms with van der Waals surface area (Å²) in [5.74, 6) is -0.325. The van der Waals surface area contributed by atoms with Crippen LogP contribution >= 0.6 is 11.3 Å². The van der Waals surface area contributed by atoms with Crippen LogP contribution in [-0.2, 0) is 12.0 Å². The van der Waals surface area contributed by atoms with E-state index in [1.165, 1.54) is 17.1 Å². The van der Waals surface area contributed by atoms with E-state index in [-0.39, 0.29) is 11.2 Å². The Labute approximate surface area is 123 Å². The molecule has 0 unspecified atom stereocenters. The predicted octanol–water partition coefficient (Wildman–Crippen LogP) is 3.75. The first kappa shape index (κ1) is 15.1. The quantitative estimate of drug-likeness (QED) is 0.933. The molecule has 2 aromatic rings. The number of halogens is 1. The van der Waals surface area contributed by atoms with Crippen LogP contribution in [-0.4, -0.2) is 16.5 Å². The molecule has 0 fully saturated rings. The molecule has 0 atom stereocenters. The second-order valence-electron chi connectivity index (χ2n) is 5.68. The maximum Gasteiger partial charge on any atom is 0.142 e. The summed E-state index contributed by atoms with van der Waals surface area (Å²) < 4.78 is 13.0. The van der Waals surface area contributed by atoms with E-state index in [4.69, 9.17) is 4.98 Å². The molecule has 0 bridgehead atoms.